The molecule has 0 saturated heterocycles. The molecule has 0 aliphatic rings. The van der Waals surface area contributed by atoms with E-state index in [4.69, 9.17) is 0 Å². The quantitative estimate of drug-likeness (QED) is 0.627. The van der Waals surface area contributed by atoms with Crippen molar-refractivity contribution in [2.24, 2.45) is 0 Å². The van der Waals surface area contributed by atoms with Crippen molar-refractivity contribution >= 4 is 11.9 Å². The maximum atomic E-state index is 12.0. The normalized spacial score (nSPS) is 12.1. The van der Waals surface area contributed by atoms with Gasteiger partial charge in [0, 0.05) is 31.5 Å². The van der Waals surface area contributed by atoms with Crippen LogP contribution in [0.2, 0.25) is 0 Å². The number of hydrogen-bond donors (Lipinski definition) is 3. The lowest BCUT2D eigenvalue weighted by atomic mass is 9.79. The molecule has 0 saturated carbocycles. The molecule has 0 fully saturated rings. The van der Waals surface area contributed by atoms with Crippen molar-refractivity contribution in [3.8, 4) is 0 Å². The molecule has 27 heavy (non-hydrogen) atoms. The maximum absolute atomic E-state index is 12.0. The van der Waals surface area contributed by atoms with Crippen molar-refractivity contribution in [2.75, 3.05) is 13.1 Å². The van der Waals surface area contributed by atoms with Crippen molar-refractivity contribution in [3.63, 3.8) is 0 Å². The lowest BCUT2D eigenvalue weighted by Gasteiger charge is -2.29. The Kier molecular flexibility index (Phi) is 7.34. The molecule has 1 aromatic heterocycles. The molecule has 2 rings (SSSR count). The van der Waals surface area contributed by atoms with Crippen molar-refractivity contribution in [3.05, 3.63) is 66.0 Å². The number of pyridine rings is 1. The van der Waals surface area contributed by atoms with Gasteiger partial charge in [-0.3, -0.25) is 9.78 Å². The highest BCUT2D eigenvalue weighted by molar-refractivity contribution is 5.93. The molecular formula is C21H28N4O2. The number of nitrogens with zero attached hydrogens (tertiary/aromatic N) is 1. The van der Waals surface area contributed by atoms with Crippen LogP contribution in [0.5, 0.6) is 0 Å². The van der Waals surface area contributed by atoms with Crippen LogP contribution < -0.4 is 16.0 Å². The van der Waals surface area contributed by atoms with Crippen LogP contribution in [0.15, 0.2) is 54.9 Å². The average molecular weight is 368 g/mol. The number of hydrogen-bond acceptors (Lipinski definition) is 3. The third kappa shape index (κ3) is 6.73. The van der Waals surface area contributed by atoms with E-state index in [9.17, 15) is 9.59 Å². The van der Waals surface area contributed by atoms with Crippen LogP contribution in [0.1, 0.15) is 43.1 Å². The fourth-order valence-corrected chi connectivity index (χ4v) is 3.05. The minimum atomic E-state index is -0.234. The maximum Gasteiger partial charge on any atom is 0.315 e. The zero-order chi connectivity index (χ0) is 19.7. The first-order valence-electron chi connectivity index (χ1n) is 9.16. The molecule has 0 aliphatic carbocycles. The van der Waals surface area contributed by atoms with Crippen LogP contribution >= 0.6 is 0 Å². The van der Waals surface area contributed by atoms with Crippen LogP contribution in [0.25, 0.3) is 0 Å². The summed E-state index contributed by atoms with van der Waals surface area (Å²) in [5, 5.41) is 8.46. The van der Waals surface area contributed by atoms with E-state index in [1.54, 1.807) is 18.3 Å². The number of benzene rings is 1. The molecule has 0 unspecified atom stereocenters. The fraction of sp³-hybridized carbons (Fsp3) is 0.381. The molecule has 0 bridgehead atoms. The van der Waals surface area contributed by atoms with E-state index in [1.165, 1.54) is 11.8 Å². The summed E-state index contributed by atoms with van der Waals surface area (Å²) < 4.78 is 0. The molecule has 144 valence electrons. The number of rotatable bonds is 8. The Labute approximate surface area is 160 Å². The van der Waals surface area contributed by atoms with Gasteiger partial charge in [0.25, 0.3) is 5.91 Å². The van der Waals surface area contributed by atoms with Crippen molar-refractivity contribution in [1.29, 1.82) is 0 Å². The lowest BCUT2D eigenvalue weighted by molar-refractivity contribution is 0.0953. The van der Waals surface area contributed by atoms with Gasteiger partial charge in [0.1, 0.15) is 0 Å². The zero-order valence-electron chi connectivity index (χ0n) is 16.2. The minimum absolute atomic E-state index is 0.0187. The van der Waals surface area contributed by atoms with Crippen molar-refractivity contribution in [1.82, 2.24) is 20.9 Å². The van der Waals surface area contributed by atoms with E-state index in [-0.39, 0.29) is 23.4 Å². The third-order valence-corrected chi connectivity index (χ3v) is 4.37. The molecule has 0 radical (unpaired) electrons. The fourth-order valence-electron chi connectivity index (χ4n) is 3.05. The molecule has 3 amide bonds. The van der Waals surface area contributed by atoms with Crippen LogP contribution in [-0.4, -0.2) is 36.1 Å². The van der Waals surface area contributed by atoms with Crippen molar-refractivity contribution < 1.29 is 9.59 Å². The Morgan fingerprint density at radius 2 is 1.74 bits per heavy atom. The second kappa shape index (κ2) is 9.71. The summed E-state index contributed by atoms with van der Waals surface area (Å²) in [6.45, 7) is 7.05. The average Bonchev–Trinajstić information content (AvgIpc) is 2.66. The molecule has 0 spiro atoms. The van der Waals surface area contributed by atoms with Crippen LogP contribution in [0, 0.1) is 0 Å². The highest BCUT2D eigenvalue weighted by Gasteiger charge is 2.23. The minimum Gasteiger partial charge on any atom is -0.350 e. The second-order valence-corrected chi connectivity index (χ2v) is 7.25. The molecule has 3 N–H and O–H groups in total. The topological polar surface area (TPSA) is 83.1 Å². The summed E-state index contributed by atoms with van der Waals surface area (Å²) in [5.41, 5.74) is 1.71. The molecule has 0 aliphatic heterocycles. The Morgan fingerprint density at radius 1 is 1.04 bits per heavy atom. The zero-order valence-corrected chi connectivity index (χ0v) is 16.2. The first-order chi connectivity index (χ1) is 12.9. The molecule has 6 nitrogen and oxygen atoms in total. The molecular weight excluding hydrogens is 340 g/mol. The number of carbonyl (C=O) groups is 2. The van der Waals surface area contributed by atoms with E-state index in [0.29, 0.717) is 18.7 Å². The Morgan fingerprint density at radius 3 is 2.41 bits per heavy atom. The summed E-state index contributed by atoms with van der Waals surface area (Å²) in [7, 11) is 0. The summed E-state index contributed by atoms with van der Waals surface area (Å²) in [4.78, 5) is 27.8. The predicted molar refractivity (Wildman–Crippen MR) is 107 cm³/mol. The van der Waals surface area contributed by atoms with Gasteiger partial charge in [0.2, 0.25) is 0 Å². The number of urea groups is 1. The molecule has 1 heterocycles. The van der Waals surface area contributed by atoms with Crippen LogP contribution in [0.4, 0.5) is 4.79 Å². The lowest BCUT2D eigenvalue weighted by Crippen LogP contribution is -2.45. The third-order valence-electron chi connectivity index (χ3n) is 4.37. The largest absolute Gasteiger partial charge is 0.350 e. The van der Waals surface area contributed by atoms with Gasteiger partial charge in [-0.25, -0.2) is 4.79 Å². The number of nitrogens with one attached hydrogen (secondary N) is 3. The van der Waals surface area contributed by atoms with Gasteiger partial charge in [0.05, 0.1) is 5.56 Å². The predicted octanol–water partition coefficient (Wildman–Crippen LogP) is 2.87. The van der Waals surface area contributed by atoms with Gasteiger partial charge >= 0.3 is 6.03 Å². The monoisotopic (exact) mass is 368 g/mol. The highest BCUT2D eigenvalue weighted by Crippen LogP contribution is 2.27. The Balaban J connectivity index is 1.68. The van der Waals surface area contributed by atoms with E-state index in [2.05, 4.69) is 46.9 Å². The van der Waals surface area contributed by atoms with Gasteiger partial charge in [-0.15, -0.1) is 0 Å². The summed E-state index contributed by atoms with van der Waals surface area (Å²) in [6.07, 6.45) is 3.94. The van der Waals surface area contributed by atoms with Gasteiger partial charge in [0.15, 0.2) is 0 Å². The Bertz CT molecular complexity index is 732. The highest BCUT2D eigenvalue weighted by atomic mass is 16.2. The van der Waals surface area contributed by atoms with E-state index >= 15 is 0 Å². The molecule has 6 heteroatoms. The number of aromatic nitrogens is 1. The van der Waals surface area contributed by atoms with Gasteiger partial charge in [-0.2, -0.15) is 0 Å². The van der Waals surface area contributed by atoms with E-state index in [1.807, 2.05) is 25.1 Å². The molecule has 1 atom stereocenters. The first-order valence-corrected chi connectivity index (χ1v) is 9.16. The SMILES string of the molecule is C[C@@H](CC(C)(C)c1ccccc1)NC(=O)NCCNC(=O)c1cccnc1. The standard InChI is InChI=1S/C21H28N4O2/c1-16(14-21(2,3)18-9-5-4-6-10-18)25-20(27)24-13-12-23-19(26)17-8-7-11-22-15-17/h4-11,15-16H,12-14H2,1-3H3,(H,23,26)(H2,24,25,27)/t16-/m0/s1. The van der Waals surface area contributed by atoms with E-state index < -0.39 is 0 Å². The molecule has 2 aromatic rings. The summed E-state index contributed by atoms with van der Waals surface area (Å²) in [5.74, 6) is -0.205. The molecule has 1 aromatic carbocycles. The number of amides is 3. The smallest absolute Gasteiger partial charge is 0.315 e. The van der Waals surface area contributed by atoms with E-state index in [0.717, 1.165) is 6.42 Å². The van der Waals surface area contributed by atoms with Gasteiger partial charge in [-0.1, -0.05) is 44.2 Å². The number of carbonyl (C=O) groups excluding carboxylic acids is 2. The van der Waals surface area contributed by atoms with Gasteiger partial charge in [-0.05, 0) is 36.5 Å². The van der Waals surface area contributed by atoms with Gasteiger partial charge < -0.3 is 16.0 Å². The first kappa shape index (κ1) is 20.4. The second-order valence-electron chi connectivity index (χ2n) is 7.25. The van der Waals surface area contributed by atoms with Crippen LogP contribution in [-0.2, 0) is 5.41 Å². The summed E-state index contributed by atoms with van der Waals surface area (Å²) in [6, 6.07) is 13.5. The summed E-state index contributed by atoms with van der Waals surface area (Å²) >= 11 is 0. The van der Waals surface area contributed by atoms with Crippen molar-refractivity contribution in [2.45, 2.75) is 38.6 Å². The van der Waals surface area contributed by atoms with Crippen LogP contribution in [0.3, 0.4) is 0 Å². The Hall–Kier alpha value is -2.89.